The van der Waals surface area contributed by atoms with Crippen molar-refractivity contribution in [2.45, 2.75) is 46.1 Å². The molecule has 1 nitrogen and oxygen atoms in total. The van der Waals surface area contributed by atoms with Crippen LogP contribution in [0.25, 0.3) is 0 Å². The maximum absolute atomic E-state index is 10.0. The van der Waals surface area contributed by atoms with Crippen LogP contribution in [0.1, 0.15) is 40.0 Å². The molecule has 12 heavy (non-hydrogen) atoms. The predicted octanol–water partition coefficient (Wildman–Crippen LogP) is 2.75. The van der Waals surface area contributed by atoms with E-state index in [9.17, 15) is 5.11 Å². The van der Waals surface area contributed by atoms with Crippen molar-refractivity contribution in [3.8, 4) is 0 Å². The minimum atomic E-state index is -0.191. The average Bonchev–Trinajstić information content (AvgIpc) is 2.00. The van der Waals surface area contributed by atoms with Crippen molar-refractivity contribution in [1.29, 1.82) is 0 Å². The molecule has 0 aromatic rings. The first-order valence-corrected chi connectivity index (χ1v) is 4.82. The molecule has 1 saturated carbocycles. The van der Waals surface area contributed by atoms with E-state index in [-0.39, 0.29) is 11.5 Å². The summed E-state index contributed by atoms with van der Waals surface area (Å²) >= 11 is 0. The Hall–Kier alpha value is -0.300. The predicted molar refractivity (Wildman–Crippen MR) is 51.9 cm³/mol. The first-order chi connectivity index (χ1) is 5.48. The zero-order valence-corrected chi connectivity index (χ0v) is 8.43. The maximum Gasteiger partial charge on any atom is 0.0656 e. The van der Waals surface area contributed by atoms with Crippen LogP contribution in [-0.2, 0) is 0 Å². The van der Waals surface area contributed by atoms with Gasteiger partial charge in [0.1, 0.15) is 0 Å². The standard InChI is InChI=1S/C11H20O/c1-8(2)11(4)7-5-6-9(3)10(11)12/h9-10,12H,1,5-7H2,2-4H3. The summed E-state index contributed by atoms with van der Waals surface area (Å²) in [5, 5.41) is 10.0. The summed E-state index contributed by atoms with van der Waals surface area (Å²) in [4.78, 5) is 0. The van der Waals surface area contributed by atoms with Crippen molar-refractivity contribution >= 4 is 0 Å². The second-order valence-electron chi connectivity index (χ2n) is 4.51. The third-order valence-electron chi connectivity index (χ3n) is 3.52. The van der Waals surface area contributed by atoms with E-state index in [2.05, 4.69) is 20.4 Å². The Balaban J connectivity index is 2.81. The molecule has 1 rings (SSSR count). The van der Waals surface area contributed by atoms with Crippen molar-refractivity contribution in [3.63, 3.8) is 0 Å². The number of hydrogen-bond acceptors (Lipinski definition) is 1. The largest absolute Gasteiger partial charge is 0.392 e. The topological polar surface area (TPSA) is 20.2 Å². The molecule has 1 aliphatic rings. The number of hydrogen-bond donors (Lipinski definition) is 1. The average molecular weight is 168 g/mol. The molecule has 0 amide bonds. The van der Waals surface area contributed by atoms with Crippen molar-refractivity contribution in [2.24, 2.45) is 11.3 Å². The van der Waals surface area contributed by atoms with E-state index in [1.165, 1.54) is 6.42 Å². The normalized spacial score (nSPS) is 42.7. The van der Waals surface area contributed by atoms with Gasteiger partial charge in [0.15, 0.2) is 0 Å². The monoisotopic (exact) mass is 168 g/mol. The van der Waals surface area contributed by atoms with Crippen LogP contribution in [0.15, 0.2) is 12.2 Å². The molecule has 0 bridgehead atoms. The third-order valence-corrected chi connectivity index (χ3v) is 3.52. The molecule has 3 unspecified atom stereocenters. The lowest BCUT2D eigenvalue weighted by molar-refractivity contribution is -0.0146. The summed E-state index contributed by atoms with van der Waals surface area (Å²) in [6.07, 6.45) is 3.28. The van der Waals surface area contributed by atoms with Crippen LogP contribution >= 0.6 is 0 Å². The van der Waals surface area contributed by atoms with Crippen molar-refractivity contribution in [1.82, 2.24) is 0 Å². The Morgan fingerprint density at radius 1 is 1.58 bits per heavy atom. The van der Waals surface area contributed by atoms with E-state index in [1.807, 2.05) is 6.92 Å². The first-order valence-electron chi connectivity index (χ1n) is 4.82. The van der Waals surface area contributed by atoms with E-state index in [1.54, 1.807) is 0 Å². The van der Waals surface area contributed by atoms with Gasteiger partial charge in [-0.05, 0) is 25.7 Å². The molecule has 0 aliphatic heterocycles. The lowest BCUT2D eigenvalue weighted by atomic mass is 9.66. The van der Waals surface area contributed by atoms with Crippen LogP contribution in [0.2, 0.25) is 0 Å². The highest BCUT2D eigenvalue weighted by molar-refractivity contribution is 5.11. The van der Waals surface area contributed by atoms with Gasteiger partial charge in [0.2, 0.25) is 0 Å². The lowest BCUT2D eigenvalue weighted by Gasteiger charge is -2.42. The van der Waals surface area contributed by atoms with E-state index in [0.29, 0.717) is 5.92 Å². The SMILES string of the molecule is C=C(C)C1(C)CCCC(C)C1O. The van der Waals surface area contributed by atoms with Gasteiger partial charge in [-0.15, -0.1) is 0 Å². The zero-order chi connectivity index (χ0) is 9.35. The Morgan fingerprint density at radius 3 is 2.58 bits per heavy atom. The van der Waals surface area contributed by atoms with Gasteiger partial charge >= 0.3 is 0 Å². The van der Waals surface area contributed by atoms with Crippen molar-refractivity contribution in [2.75, 3.05) is 0 Å². The molecule has 0 aromatic heterocycles. The maximum atomic E-state index is 10.0. The van der Waals surface area contributed by atoms with Crippen LogP contribution in [0.4, 0.5) is 0 Å². The lowest BCUT2D eigenvalue weighted by Crippen LogP contribution is -2.41. The summed E-state index contributed by atoms with van der Waals surface area (Å²) in [7, 11) is 0. The van der Waals surface area contributed by atoms with Gasteiger partial charge in [-0.25, -0.2) is 0 Å². The minimum Gasteiger partial charge on any atom is -0.392 e. The van der Waals surface area contributed by atoms with Gasteiger partial charge in [-0.2, -0.15) is 0 Å². The molecule has 3 atom stereocenters. The van der Waals surface area contributed by atoms with Crippen molar-refractivity contribution < 1.29 is 5.11 Å². The molecule has 0 spiro atoms. The van der Waals surface area contributed by atoms with Crippen molar-refractivity contribution in [3.05, 3.63) is 12.2 Å². The molecule has 1 fully saturated rings. The van der Waals surface area contributed by atoms with Gasteiger partial charge < -0.3 is 5.11 Å². The zero-order valence-electron chi connectivity index (χ0n) is 8.43. The van der Waals surface area contributed by atoms with Gasteiger partial charge in [0.05, 0.1) is 6.10 Å². The summed E-state index contributed by atoms with van der Waals surface area (Å²) in [6, 6.07) is 0. The highest BCUT2D eigenvalue weighted by Gasteiger charge is 2.39. The van der Waals surface area contributed by atoms with Gasteiger partial charge in [0, 0.05) is 5.41 Å². The van der Waals surface area contributed by atoms with Gasteiger partial charge in [-0.1, -0.05) is 32.4 Å². The second-order valence-corrected chi connectivity index (χ2v) is 4.51. The van der Waals surface area contributed by atoms with Gasteiger partial charge in [0.25, 0.3) is 0 Å². The van der Waals surface area contributed by atoms with E-state index in [0.717, 1.165) is 18.4 Å². The fraction of sp³-hybridized carbons (Fsp3) is 0.818. The molecule has 1 N–H and O–H groups in total. The summed E-state index contributed by atoms with van der Waals surface area (Å²) < 4.78 is 0. The highest BCUT2D eigenvalue weighted by Crippen LogP contribution is 2.43. The van der Waals surface area contributed by atoms with E-state index < -0.39 is 0 Å². The molecule has 0 aromatic carbocycles. The Morgan fingerprint density at radius 2 is 2.17 bits per heavy atom. The molecule has 1 heteroatoms. The minimum absolute atomic E-state index is 0.0301. The first kappa shape index (κ1) is 9.79. The van der Waals surface area contributed by atoms with Gasteiger partial charge in [-0.3, -0.25) is 0 Å². The molecular formula is C11H20O. The molecule has 1 aliphatic carbocycles. The highest BCUT2D eigenvalue weighted by atomic mass is 16.3. The fourth-order valence-corrected chi connectivity index (χ4v) is 2.19. The molecule has 0 radical (unpaired) electrons. The Kier molecular flexibility index (Phi) is 2.62. The number of aliphatic hydroxyl groups excluding tert-OH is 1. The second kappa shape index (κ2) is 3.21. The Labute approximate surface area is 75.5 Å². The summed E-state index contributed by atoms with van der Waals surface area (Å²) in [5.41, 5.74) is 1.10. The van der Waals surface area contributed by atoms with Crippen LogP contribution in [0.5, 0.6) is 0 Å². The third kappa shape index (κ3) is 1.42. The van der Waals surface area contributed by atoms with E-state index in [4.69, 9.17) is 0 Å². The van der Waals surface area contributed by atoms with Crippen LogP contribution < -0.4 is 0 Å². The molecule has 70 valence electrons. The van der Waals surface area contributed by atoms with Crippen LogP contribution in [-0.4, -0.2) is 11.2 Å². The number of aliphatic hydroxyl groups is 1. The van der Waals surface area contributed by atoms with E-state index >= 15 is 0 Å². The van der Waals surface area contributed by atoms with Crippen LogP contribution in [0, 0.1) is 11.3 Å². The quantitative estimate of drug-likeness (QED) is 0.597. The number of rotatable bonds is 1. The molecule has 0 heterocycles. The molecular weight excluding hydrogens is 148 g/mol. The summed E-state index contributed by atoms with van der Waals surface area (Å²) in [6.45, 7) is 10.3. The molecule has 0 saturated heterocycles. The Bertz CT molecular complexity index is 185. The van der Waals surface area contributed by atoms with Crippen LogP contribution in [0.3, 0.4) is 0 Å². The fourth-order valence-electron chi connectivity index (χ4n) is 2.19. The summed E-state index contributed by atoms with van der Waals surface area (Å²) in [5.74, 6) is 0.431. The smallest absolute Gasteiger partial charge is 0.0656 e.